The molecule has 2 N–H and O–H groups in total. The Labute approximate surface area is 95.5 Å². The lowest BCUT2D eigenvalue weighted by molar-refractivity contribution is -0.136. The summed E-state index contributed by atoms with van der Waals surface area (Å²) in [5.74, 6) is 0. The molecule has 0 aliphatic rings. The van der Waals surface area contributed by atoms with E-state index in [-0.39, 0.29) is 10.8 Å². The van der Waals surface area contributed by atoms with Gasteiger partial charge in [0.2, 0.25) is 0 Å². The third-order valence-electron chi connectivity index (χ3n) is 2.51. The SMILES string of the molecule is OB(O)c1ccc2c(C(F)(F)F)cccc2c1. The van der Waals surface area contributed by atoms with Crippen LogP contribution < -0.4 is 5.46 Å². The van der Waals surface area contributed by atoms with E-state index in [1.807, 2.05) is 0 Å². The van der Waals surface area contributed by atoms with Gasteiger partial charge in [-0.15, -0.1) is 0 Å². The van der Waals surface area contributed by atoms with E-state index in [2.05, 4.69) is 0 Å². The molecule has 0 atom stereocenters. The van der Waals surface area contributed by atoms with Gasteiger partial charge in [0.25, 0.3) is 0 Å². The highest BCUT2D eigenvalue weighted by Crippen LogP contribution is 2.34. The summed E-state index contributed by atoms with van der Waals surface area (Å²) in [5.41, 5.74) is -0.564. The average Bonchev–Trinajstić information content (AvgIpc) is 2.26. The van der Waals surface area contributed by atoms with Crippen molar-refractivity contribution in [2.45, 2.75) is 6.18 Å². The van der Waals surface area contributed by atoms with Crippen LogP contribution in [0.5, 0.6) is 0 Å². The van der Waals surface area contributed by atoms with E-state index in [9.17, 15) is 13.2 Å². The molecule has 0 saturated heterocycles. The highest BCUT2D eigenvalue weighted by Gasteiger charge is 2.32. The second-order valence-electron chi connectivity index (χ2n) is 3.66. The molecule has 2 rings (SSSR count). The molecule has 0 spiro atoms. The van der Waals surface area contributed by atoms with Crippen LogP contribution in [-0.2, 0) is 6.18 Å². The average molecular weight is 240 g/mol. The van der Waals surface area contributed by atoms with Gasteiger partial charge in [0.05, 0.1) is 5.56 Å². The van der Waals surface area contributed by atoms with Crippen molar-refractivity contribution in [1.29, 1.82) is 0 Å². The van der Waals surface area contributed by atoms with Crippen molar-refractivity contribution in [2.24, 2.45) is 0 Å². The second kappa shape index (κ2) is 4.05. The van der Waals surface area contributed by atoms with Gasteiger partial charge in [-0.2, -0.15) is 13.2 Å². The largest absolute Gasteiger partial charge is 0.488 e. The Bertz CT molecular complexity index is 552. The normalized spacial score (nSPS) is 11.8. The Morgan fingerprint density at radius 1 is 1.00 bits per heavy atom. The quantitative estimate of drug-likeness (QED) is 0.742. The van der Waals surface area contributed by atoms with Crippen LogP contribution in [0.15, 0.2) is 36.4 Å². The van der Waals surface area contributed by atoms with E-state index in [4.69, 9.17) is 10.0 Å². The van der Waals surface area contributed by atoms with E-state index in [0.29, 0.717) is 5.39 Å². The van der Waals surface area contributed by atoms with Crippen LogP contribution in [0.3, 0.4) is 0 Å². The van der Waals surface area contributed by atoms with E-state index in [0.717, 1.165) is 6.07 Å². The van der Waals surface area contributed by atoms with Gasteiger partial charge in [-0.25, -0.2) is 0 Å². The predicted octanol–water partition coefficient (Wildman–Crippen LogP) is 1.54. The molecule has 0 aromatic heterocycles. The number of benzene rings is 2. The zero-order valence-electron chi connectivity index (χ0n) is 8.57. The highest BCUT2D eigenvalue weighted by atomic mass is 19.4. The molecule has 0 bridgehead atoms. The molecule has 2 nitrogen and oxygen atoms in total. The summed E-state index contributed by atoms with van der Waals surface area (Å²) >= 11 is 0. The monoisotopic (exact) mass is 240 g/mol. The zero-order chi connectivity index (χ0) is 12.6. The molecule has 2 aromatic carbocycles. The standard InChI is InChI=1S/C11H8BF3O2/c13-11(14,15)10-3-1-2-7-6-8(12(16)17)4-5-9(7)10/h1-6,16-17H. The summed E-state index contributed by atoms with van der Waals surface area (Å²) in [4.78, 5) is 0. The number of halogens is 3. The summed E-state index contributed by atoms with van der Waals surface area (Å²) in [7, 11) is -1.69. The number of hydrogen-bond acceptors (Lipinski definition) is 2. The van der Waals surface area contributed by atoms with Crippen LogP contribution in [-0.4, -0.2) is 17.2 Å². The van der Waals surface area contributed by atoms with Gasteiger partial charge in [-0.1, -0.05) is 30.3 Å². The Morgan fingerprint density at radius 2 is 1.71 bits per heavy atom. The van der Waals surface area contributed by atoms with Crippen molar-refractivity contribution in [1.82, 2.24) is 0 Å². The third-order valence-corrected chi connectivity index (χ3v) is 2.51. The summed E-state index contributed by atoms with van der Waals surface area (Å²) < 4.78 is 38.0. The Balaban J connectivity index is 2.67. The first-order valence-corrected chi connectivity index (χ1v) is 4.85. The number of fused-ring (bicyclic) bond motifs is 1. The van der Waals surface area contributed by atoms with Crippen molar-refractivity contribution >= 4 is 23.4 Å². The van der Waals surface area contributed by atoms with Crippen LogP contribution in [0, 0.1) is 0 Å². The van der Waals surface area contributed by atoms with Gasteiger partial charge < -0.3 is 10.0 Å². The molecule has 0 aliphatic heterocycles. The van der Waals surface area contributed by atoms with Crippen LogP contribution >= 0.6 is 0 Å². The molecule has 0 heterocycles. The molecule has 2 aromatic rings. The molecule has 0 aliphatic carbocycles. The zero-order valence-corrected chi connectivity index (χ0v) is 8.57. The lowest BCUT2D eigenvalue weighted by Crippen LogP contribution is -2.29. The van der Waals surface area contributed by atoms with Crippen LogP contribution in [0.2, 0.25) is 0 Å². The predicted molar refractivity (Wildman–Crippen MR) is 58.8 cm³/mol. The fraction of sp³-hybridized carbons (Fsp3) is 0.0909. The molecule has 0 amide bonds. The smallest absolute Gasteiger partial charge is 0.423 e. The maximum atomic E-state index is 12.7. The fourth-order valence-electron chi connectivity index (χ4n) is 1.71. The van der Waals surface area contributed by atoms with Gasteiger partial charge in [0, 0.05) is 0 Å². The molecule has 0 saturated carbocycles. The molecule has 0 radical (unpaired) electrons. The molecular formula is C11H8BF3O2. The number of rotatable bonds is 1. The number of hydrogen-bond donors (Lipinski definition) is 2. The molecule has 88 valence electrons. The molecular weight excluding hydrogens is 232 g/mol. The van der Waals surface area contributed by atoms with Gasteiger partial charge in [-0.3, -0.25) is 0 Å². The molecule has 17 heavy (non-hydrogen) atoms. The van der Waals surface area contributed by atoms with Gasteiger partial charge >= 0.3 is 13.3 Å². The number of alkyl halides is 3. The second-order valence-corrected chi connectivity index (χ2v) is 3.66. The van der Waals surface area contributed by atoms with Crippen LogP contribution in [0.25, 0.3) is 10.8 Å². The minimum absolute atomic E-state index is 0.0457. The molecule has 0 unspecified atom stereocenters. The highest BCUT2D eigenvalue weighted by molar-refractivity contribution is 6.58. The Hall–Kier alpha value is -1.53. The van der Waals surface area contributed by atoms with E-state index in [1.54, 1.807) is 0 Å². The lowest BCUT2D eigenvalue weighted by atomic mass is 9.79. The van der Waals surface area contributed by atoms with Crippen molar-refractivity contribution < 1.29 is 23.2 Å². The summed E-state index contributed by atoms with van der Waals surface area (Å²) in [6.07, 6.45) is -4.42. The van der Waals surface area contributed by atoms with E-state index >= 15 is 0 Å². The molecule has 6 heteroatoms. The van der Waals surface area contributed by atoms with Crippen molar-refractivity contribution in [3.05, 3.63) is 42.0 Å². The summed E-state index contributed by atoms with van der Waals surface area (Å²) in [5, 5.41) is 18.3. The minimum atomic E-state index is -4.42. The minimum Gasteiger partial charge on any atom is -0.423 e. The molecule has 0 fully saturated rings. The fourth-order valence-corrected chi connectivity index (χ4v) is 1.71. The Kier molecular flexibility index (Phi) is 2.85. The van der Waals surface area contributed by atoms with Crippen molar-refractivity contribution in [2.75, 3.05) is 0 Å². The van der Waals surface area contributed by atoms with Gasteiger partial charge in [0.15, 0.2) is 0 Å². The first-order valence-electron chi connectivity index (χ1n) is 4.85. The summed E-state index contributed by atoms with van der Waals surface area (Å²) in [6.45, 7) is 0. The van der Waals surface area contributed by atoms with E-state index in [1.165, 1.54) is 30.3 Å². The maximum Gasteiger partial charge on any atom is 0.488 e. The van der Waals surface area contributed by atoms with Crippen LogP contribution in [0.4, 0.5) is 13.2 Å². The van der Waals surface area contributed by atoms with Gasteiger partial charge in [0.1, 0.15) is 0 Å². The van der Waals surface area contributed by atoms with Crippen LogP contribution in [0.1, 0.15) is 5.56 Å². The van der Waals surface area contributed by atoms with E-state index < -0.39 is 18.9 Å². The Morgan fingerprint density at radius 3 is 2.29 bits per heavy atom. The lowest BCUT2D eigenvalue weighted by Gasteiger charge is -2.11. The van der Waals surface area contributed by atoms with Crippen molar-refractivity contribution in [3.8, 4) is 0 Å². The third kappa shape index (κ3) is 2.27. The first-order chi connectivity index (χ1) is 7.89. The maximum absolute atomic E-state index is 12.7. The van der Waals surface area contributed by atoms with Gasteiger partial charge in [-0.05, 0) is 22.3 Å². The summed E-state index contributed by atoms with van der Waals surface area (Å²) in [6, 6.07) is 7.62. The topological polar surface area (TPSA) is 40.5 Å². The first kappa shape index (κ1) is 11.9. The van der Waals surface area contributed by atoms with Crippen molar-refractivity contribution in [3.63, 3.8) is 0 Å².